The maximum absolute atomic E-state index is 11.4. The maximum Gasteiger partial charge on any atom is 0.376 e. The normalized spacial score (nSPS) is 10.1. The topological polar surface area (TPSA) is 75.5 Å². The van der Waals surface area contributed by atoms with Crippen LogP contribution in [0.3, 0.4) is 0 Å². The number of carbonyl (C=O) groups excluding carboxylic acids is 1. The van der Waals surface area contributed by atoms with Crippen molar-refractivity contribution in [1.29, 1.82) is 0 Å². The molecule has 0 aliphatic rings. The minimum absolute atomic E-state index is 0.0322. The summed E-state index contributed by atoms with van der Waals surface area (Å²) in [7, 11) is 1.29. The Bertz CT molecular complexity index is 396. The molecule has 1 aromatic rings. The summed E-state index contributed by atoms with van der Waals surface area (Å²) in [6, 6.07) is 1.77. The molecule has 6 nitrogen and oxygen atoms in total. The van der Waals surface area contributed by atoms with E-state index in [-0.39, 0.29) is 12.4 Å². The molecule has 1 rings (SSSR count). The van der Waals surface area contributed by atoms with E-state index in [9.17, 15) is 4.79 Å². The van der Waals surface area contributed by atoms with Crippen molar-refractivity contribution in [2.75, 3.05) is 31.7 Å². The molecule has 0 aromatic carbocycles. The van der Waals surface area contributed by atoms with Crippen LogP contribution in [0.5, 0.6) is 0 Å². The lowest BCUT2D eigenvalue weighted by atomic mass is 10.3. The third-order valence-electron chi connectivity index (χ3n) is 2.28. The molecule has 0 aliphatic heterocycles. The quantitative estimate of drug-likeness (QED) is 0.749. The van der Waals surface area contributed by atoms with Crippen molar-refractivity contribution < 1.29 is 14.6 Å². The van der Waals surface area contributed by atoms with E-state index in [0.29, 0.717) is 24.6 Å². The van der Waals surface area contributed by atoms with Gasteiger partial charge >= 0.3 is 5.97 Å². The summed E-state index contributed by atoms with van der Waals surface area (Å²) in [4.78, 5) is 21.4. The second-order valence-corrected chi connectivity index (χ2v) is 3.49. The molecular formula is C11H17N3O3. The van der Waals surface area contributed by atoms with Crippen LogP contribution < -0.4 is 4.90 Å². The maximum atomic E-state index is 11.4. The van der Waals surface area contributed by atoms with E-state index in [4.69, 9.17) is 5.11 Å². The zero-order valence-corrected chi connectivity index (χ0v) is 10.3. The molecule has 0 atom stereocenters. The van der Waals surface area contributed by atoms with Crippen LogP contribution in [-0.4, -0.2) is 47.8 Å². The second-order valence-electron chi connectivity index (χ2n) is 3.49. The SMILES string of the molecule is CCN(CCO)c1cc(C)nc(C(=O)OC)n1. The van der Waals surface area contributed by atoms with Gasteiger partial charge in [0.2, 0.25) is 5.82 Å². The van der Waals surface area contributed by atoms with Crippen molar-refractivity contribution in [3.8, 4) is 0 Å². The number of aliphatic hydroxyl groups excluding tert-OH is 1. The number of nitrogens with zero attached hydrogens (tertiary/aromatic N) is 3. The molecule has 0 bridgehead atoms. The number of aromatic nitrogens is 2. The molecule has 0 amide bonds. The van der Waals surface area contributed by atoms with Gasteiger partial charge in [-0.3, -0.25) is 0 Å². The van der Waals surface area contributed by atoms with Gasteiger partial charge in [-0.2, -0.15) is 0 Å². The predicted molar refractivity (Wildman–Crippen MR) is 63.1 cm³/mol. The number of ether oxygens (including phenoxy) is 1. The Kier molecular flexibility index (Phi) is 4.84. The largest absolute Gasteiger partial charge is 0.463 e. The van der Waals surface area contributed by atoms with E-state index in [1.54, 1.807) is 13.0 Å². The van der Waals surface area contributed by atoms with Gasteiger partial charge in [-0.1, -0.05) is 0 Å². The molecule has 0 saturated carbocycles. The van der Waals surface area contributed by atoms with E-state index in [2.05, 4.69) is 14.7 Å². The van der Waals surface area contributed by atoms with Crippen molar-refractivity contribution in [2.24, 2.45) is 0 Å². The first kappa shape index (κ1) is 13.4. The Labute approximate surface area is 100 Å². The summed E-state index contributed by atoms with van der Waals surface area (Å²) >= 11 is 0. The molecule has 17 heavy (non-hydrogen) atoms. The van der Waals surface area contributed by atoms with Crippen LogP contribution in [0.15, 0.2) is 6.07 Å². The highest BCUT2D eigenvalue weighted by atomic mass is 16.5. The van der Waals surface area contributed by atoms with E-state index in [0.717, 1.165) is 0 Å². The Balaban J connectivity index is 3.07. The van der Waals surface area contributed by atoms with Gasteiger partial charge in [-0.25, -0.2) is 14.8 Å². The van der Waals surface area contributed by atoms with Gasteiger partial charge in [0.25, 0.3) is 0 Å². The standard InChI is InChI=1S/C11H17N3O3/c1-4-14(5-6-15)9-7-8(2)12-10(13-9)11(16)17-3/h7,15H,4-6H2,1-3H3. The van der Waals surface area contributed by atoms with Crippen LogP contribution in [0.4, 0.5) is 5.82 Å². The van der Waals surface area contributed by atoms with Gasteiger partial charge < -0.3 is 14.7 Å². The van der Waals surface area contributed by atoms with Crippen LogP contribution >= 0.6 is 0 Å². The molecular weight excluding hydrogens is 222 g/mol. The lowest BCUT2D eigenvalue weighted by Gasteiger charge is -2.21. The number of hydrogen-bond acceptors (Lipinski definition) is 6. The highest BCUT2D eigenvalue weighted by molar-refractivity contribution is 5.85. The van der Waals surface area contributed by atoms with Crippen molar-refractivity contribution >= 4 is 11.8 Å². The molecule has 0 fully saturated rings. The summed E-state index contributed by atoms with van der Waals surface area (Å²) in [6.45, 7) is 4.92. The lowest BCUT2D eigenvalue weighted by Crippen LogP contribution is -2.28. The van der Waals surface area contributed by atoms with Crippen molar-refractivity contribution in [2.45, 2.75) is 13.8 Å². The fourth-order valence-electron chi connectivity index (χ4n) is 1.45. The molecule has 1 aromatic heterocycles. The van der Waals surface area contributed by atoms with Crippen LogP contribution in [-0.2, 0) is 4.74 Å². The Hall–Kier alpha value is -1.69. The molecule has 0 unspecified atom stereocenters. The predicted octanol–water partition coefficient (Wildman–Crippen LogP) is 0.390. The van der Waals surface area contributed by atoms with Gasteiger partial charge in [0.1, 0.15) is 5.82 Å². The van der Waals surface area contributed by atoms with Crippen molar-refractivity contribution in [1.82, 2.24) is 9.97 Å². The third kappa shape index (κ3) is 3.39. The monoisotopic (exact) mass is 239 g/mol. The van der Waals surface area contributed by atoms with Gasteiger partial charge in [-0.05, 0) is 13.8 Å². The number of rotatable bonds is 5. The smallest absolute Gasteiger partial charge is 0.376 e. The number of aryl methyl sites for hydroxylation is 1. The summed E-state index contributed by atoms with van der Waals surface area (Å²) in [5, 5.41) is 8.95. The number of anilines is 1. The van der Waals surface area contributed by atoms with Crippen LogP contribution in [0.1, 0.15) is 23.2 Å². The number of likely N-dealkylation sites (N-methyl/N-ethyl adjacent to an activating group) is 1. The van der Waals surface area contributed by atoms with Gasteiger partial charge in [0, 0.05) is 24.8 Å². The minimum atomic E-state index is -0.560. The van der Waals surface area contributed by atoms with E-state index in [1.807, 2.05) is 11.8 Å². The average Bonchev–Trinajstić information content (AvgIpc) is 2.34. The number of hydrogen-bond donors (Lipinski definition) is 1. The summed E-state index contributed by atoms with van der Waals surface area (Å²) in [5.74, 6) is 0.100. The van der Waals surface area contributed by atoms with Crippen molar-refractivity contribution in [3.05, 3.63) is 17.6 Å². The van der Waals surface area contributed by atoms with Crippen LogP contribution in [0, 0.1) is 6.92 Å². The zero-order chi connectivity index (χ0) is 12.8. The van der Waals surface area contributed by atoms with Crippen LogP contribution in [0.2, 0.25) is 0 Å². The highest BCUT2D eigenvalue weighted by Crippen LogP contribution is 2.12. The minimum Gasteiger partial charge on any atom is -0.463 e. The fraction of sp³-hybridized carbons (Fsp3) is 0.545. The number of esters is 1. The van der Waals surface area contributed by atoms with Gasteiger partial charge in [-0.15, -0.1) is 0 Å². The van der Waals surface area contributed by atoms with Gasteiger partial charge in [0.05, 0.1) is 13.7 Å². The van der Waals surface area contributed by atoms with Crippen molar-refractivity contribution in [3.63, 3.8) is 0 Å². The molecule has 0 saturated heterocycles. The molecule has 0 aliphatic carbocycles. The number of carbonyl (C=O) groups is 1. The molecule has 94 valence electrons. The zero-order valence-electron chi connectivity index (χ0n) is 10.3. The first-order valence-electron chi connectivity index (χ1n) is 5.42. The highest BCUT2D eigenvalue weighted by Gasteiger charge is 2.14. The number of aliphatic hydroxyl groups is 1. The molecule has 1 N–H and O–H groups in total. The summed E-state index contributed by atoms with van der Waals surface area (Å²) < 4.78 is 4.59. The Morgan fingerprint density at radius 1 is 1.53 bits per heavy atom. The average molecular weight is 239 g/mol. The Morgan fingerprint density at radius 3 is 2.76 bits per heavy atom. The second kappa shape index (κ2) is 6.15. The van der Waals surface area contributed by atoms with Gasteiger partial charge in [0.15, 0.2) is 0 Å². The molecule has 0 spiro atoms. The summed E-state index contributed by atoms with van der Waals surface area (Å²) in [5.41, 5.74) is 0.687. The number of methoxy groups -OCH3 is 1. The van der Waals surface area contributed by atoms with E-state index >= 15 is 0 Å². The first-order chi connectivity index (χ1) is 8.12. The van der Waals surface area contributed by atoms with E-state index in [1.165, 1.54) is 7.11 Å². The van der Waals surface area contributed by atoms with Crippen LogP contribution in [0.25, 0.3) is 0 Å². The third-order valence-corrected chi connectivity index (χ3v) is 2.28. The van der Waals surface area contributed by atoms with E-state index < -0.39 is 5.97 Å². The molecule has 6 heteroatoms. The Morgan fingerprint density at radius 2 is 2.24 bits per heavy atom. The summed E-state index contributed by atoms with van der Waals surface area (Å²) in [6.07, 6.45) is 0. The molecule has 0 radical (unpaired) electrons. The molecule has 1 heterocycles. The lowest BCUT2D eigenvalue weighted by molar-refractivity contribution is 0.0586. The first-order valence-corrected chi connectivity index (χ1v) is 5.42. The fourth-order valence-corrected chi connectivity index (χ4v) is 1.45.